The molecular formula is C9H7BrClNO. The van der Waals surface area contributed by atoms with Crippen LogP contribution in [0.15, 0.2) is 27.7 Å². The molecule has 0 aliphatic carbocycles. The lowest BCUT2D eigenvalue weighted by atomic mass is 10.1. The minimum absolute atomic E-state index is 0.191. The van der Waals surface area contributed by atoms with Crippen molar-refractivity contribution >= 4 is 33.6 Å². The fourth-order valence-corrected chi connectivity index (χ4v) is 2.00. The Balaban J connectivity index is 3.08. The van der Waals surface area contributed by atoms with Crippen molar-refractivity contribution < 1.29 is 4.79 Å². The Bertz CT molecular complexity index is 361. The maximum Gasteiger partial charge on any atom is 0.235 e. The Morgan fingerprint density at radius 1 is 1.62 bits per heavy atom. The van der Waals surface area contributed by atoms with Crippen molar-refractivity contribution in [3.63, 3.8) is 0 Å². The third-order valence-electron chi connectivity index (χ3n) is 1.66. The Hall–Kier alpha value is -0.630. The molecule has 1 rings (SSSR count). The quantitative estimate of drug-likeness (QED) is 0.591. The molecule has 0 fully saturated rings. The van der Waals surface area contributed by atoms with E-state index < -0.39 is 0 Å². The van der Waals surface area contributed by atoms with Gasteiger partial charge in [0.05, 0.1) is 6.04 Å². The third kappa shape index (κ3) is 2.66. The van der Waals surface area contributed by atoms with Crippen molar-refractivity contribution in [3.8, 4) is 0 Å². The molecule has 2 nitrogen and oxygen atoms in total. The lowest BCUT2D eigenvalue weighted by Crippen LogP contribution is -1.90. The molecule has 0 saturated carbocycles. The van der Waals surface area contributed by atoms with E-state index in [0.717, 1.165) is 10.0 Å². The second-order valence-electron chi connectivity index (χ2n) is 2.56. The predicted molar refractivity (Wildman–Crippen MR) is 55.7 cm³/mol. The minimum atomic E-state index is -0.191. The molecule has 13 heavy (non-hydrogen) atoms. The first kappa shape index (κ1) is 10.5. The molecule has 0 bridgehead atoms. The Kier molecular flexibility index (Phi) is 3.67. The summed E-state index contributed by atoms with van der Waals surface area (Å²) in [6.45, 7) is 1.82. The minimum Gasteiger partial charge on any atom is -0.211 e. The first-order valence-corrected chi connectivity index (χ1v) is 4.84. The summed E-state index contributed by atoms with van der Waals surface area (Å²) >= 11 is 9.10. The van der Waals surface area contributed by atoms with Gasteiger partial charge in [0, 0.05) is 9.50 Å². The van der Waals surface area contributed by atoms with Crippen LogP contribution in [0.25, 0.3) is 0 Å². The van der Waals surface area contributed by atoms with Crippen molar-refractivity contribution in [3.05, 3.63) is 33.3 Å². The molecule has 0 aromatic heterocycles. The lowest BCUT2D eigenvalue weighted by Gasteiger charge is -2.06. The fourth-order valence-electron chi connectivity index (χ4n) is 0.989. The lowest BCUT2D eigenvalue weighted by molar-refractivity contribution is 0.559. The van der Waals surface area contributed by atoms with E-state index in [1.54, 1.807) is 12.1 Å². The van der Waals surface area contributed by atoms with E-state index in [4.69, 9.17) is 11.6 Å². The van der Waals surface area contributed by atoms with Gasteiger partial charge in [0.2, 0.25) is 6.08 Å². The molecule has 68 valence electrons. The summed E-state index contributed by atoms with van der Waals surface area (Å²) in [4.78, 5) is 13.6. The van der Waals surface area contributed by atoms with Gasteiger partial charge in [-0.1, -0.05) is 33.6 Å². The van der Waals surface area contributed by atoms with Gasteiger partial charge in [-0.3, -0.25) is 0 Å². The van der Waals surface area contributed by atoms with Crippen LogP contribution in [0.4, 0.5) is 0 Å². The summed E-state index contributed by atoms with van der Waals surface area (Å²) in [5, 5.41) is 0.651. The second-order valence-corrected chi connectivity index (χ2v) is 3.85. The van der Waals surface area contributed by atoms with Gasteiger partial charge in [-0.2, -0.15) is 4.99 Å². The summed E-state index contributed by atoms with van der Waals surface area (Å²) in [6, 6.07) is 5.17. The molecule has 0 saturated heterocycles. The van der Waals surface area contributed by atoms with E-state index in [9.17, 15) is 4.79 Å². The Labute approximate surface area is 89.8 Å². The zero-order chi connectivity index (χ0) is 9.84. The summed E-state index contributed by atoms with van der Waals surface area (Å²) < 4.78 is 0.853. The van der Waals surface area contributed by atoms with Crippen molar-refractivity contribution in [1.29, 1.82) is 0 Å². The predicted octanol–water partition coefficient (Wildman–Crippen LogP) is 3.50. The van der Waals surface area contributed by atoms with Gasteiger partial charge in [-0.05, 0) is 24.6 Å². The van der Waals surface area contributed by atoms with Gasteiger partial charge in [-0.15, -0.1) is 0 Å². The molecule has 1 atom stereocenters. The zero-order valence-electron chi connectivity index (χ0n) is 6.92. The SMILES string of the molecule is CC(N=C=O)c1ccc(Cl)cc1Br. The largest absolute Gasteiger partial charge is 0.235 e. The fraction of sp³-hybridized carbons (Fsp3) is 0.222. The molecule has 0 radical (unpaired) electrons. The van der Waals surface area contributed by atoms with Crippen LogP contribution >= 0.6 is 27.5 Å². The number of hydrogen-bond donors (Lipinski definition) is 0. The van der Waals surface area contributed by atoms with E-state index in [0.29, 0.717) is 5.02 Å². The molecule has 1 unspecified atom stereocenters. The number of benzene rings is 1. The maximum atomic E-state index is 10.0. The monoisotopic (exact) mass is 259 g/mol. The van der Waals surface area contributed by atoms with Crippen molar-refractivity contribution in [2.45, 2.75) is 13.0 Å². The normalized spacial score (nSPS) is 11.9. The molecule has 4 heteroatoms. The van der Waals surface area contributed by atoms with Crippen LogP contribution < -0.4 is 0 Å². The average molecular weight is 261 g/mol. The van der Waals surface area contributed by atoms with E-state index >= 15 is 0 Å². The molecule has 1 aromatic carbocycles. The summed E-state index contributed by atoms with van der Waals surface area (Å²) in [5.74, 6) is 0. The van der Waals surface area contributed by atoms with E-state index in [1.807, 2.05) is 13.0 Å². The van der Waals surface area contributed by atoms with Gasteiger partial charge < -0.3 is 0 Å². The topological polar surface area (TPSA) is 29.4 Å². The highest BCUT2D eigenvalue weighted by atomic mass is 79.9. The average Bonchev–Trinajstić information content (AvgIpc) is 2.04. The molecule has 0 aliphatic heterocycles. The molecule has 0 spiro atoms. The highest BCUT2D eigenvalue weighted by Crippen LogP contribution is 2.27. The summed E-state index contributed by atoms with van der Waals surface area (Å²) in [7, 11) is 0. The maximum absolute atomic E-state index is 10.0. The number of aliphatic imine (C=N–C) groups is 1. The molecule has 0 N–H and O–H groups in total. The van der Waals surface area contributed by atoms with Crippen LogP contribution in [0.3, 0.4) is 0 Å². The van der Waals surface area contributed by atoms with Crippen LogP contribution in [-0.2, 0) is 4.79 Å². The van der Waals surface area contributed by atoms with Crippen LogP contribution in [0.2, 0.25) is 5.02 Å². The number of halogens is 2. The van der Waals surface area contributed by atoms with Gasteiger partial charge in [0.25, 0.3) is 0 Å². The first-order chi connectivity index (χ1) is 6.15. The molecule has 0 amide bonds. The van der Waals surface area contributed by atoms with Crippen LogP contribution in [-0.4, -0.2) is 6.08 Å². The van der Waals surface area contributed by atoms with Crippen molar-refractivity contribution in [1.82, 2.24) is 0 Å². The van der Waals surface area contributed by atoms with Crippen LogP contribution in [0, 0.1) is 0 Å². The third-order valence-corrected chi connectivity index (χ3v) is 2.58. The number of carbonyl (C=O) groups excluding carboxylic acids is 1. The van der Waals surface area contributed by atoms with E-state index in [2.05, 4.69) is 20.9 Å². The van der Waals surface area contributed by atoms with Gasteiger partial charge in [-0.25, -0.2) is 4.79 Å². The van der Waals surface area contributed by atoms with Crippen molar-refractivity contribution in [2.24, 2.45) is 4.99 Å². The van der Waals surface area contributed by atoms with Gasteiger partial charge in [0.1, 0.15) is 0 Å². The number of rotatable bonds is 2. The molecule has 0 aliphatic rings. The number of nitrogens with zero attached hydrogens (tertiary/aromatic N) is 1. The number of isocyanates is 1. The standard InChI is InChI=1S/C9H7BrClNO/c1-6(12-5-13)8-3-2-7(11)4-9(8)10/h2-4,6H,1H3. The van der Waals surface area contributed by atoms with Gasteiger partial charge >= 0.3 is 0 Å². The smallest absolute Gasteiger partial charge is 0.211 e. The first-order valence-electron chi connectivity index (χ1n) is 3.67. The van der Waals surface area contributed by atoms with Crippen LogP contribution in [0.1, 0.15) is 18.5 Å². The molecular weight excluding hydrogens is 253 g/mol. The van der Waals surface area contributed by atoms with Crippen molar-refractivity contribution in [2.75, 3.05) is 0 Å². The highest BCUT2D eigenvalue weighted by molar-refractivity contribution is 9.10. The summed E-state index contributed by atoms with van der Waals surface area (Å²) in [6.07, 6.45) is 1.53. The Morgan fingerprint density at radius 3 is 2.85 bits per heavy atom. The second kappa shape index (κ2) is 4.56. The number of hydrogen-bond acceptors (Lipinski definition) is 2. The van der Waals surface area contributed by atoms with Gasteiger partial charge in [0.15, 0.2) is 0 Å². The van der Waals surface area contributed by atoms with E-state index in [1.165, 1.54) is 6.08 Å². The van der Waals surface area contributed by atoms with E-state index in [-0.39, 0.29) is 6.04 Å². The molecule has 0 heterocycles. The Morgan fingerprint density at radius 2 is 2.31 bits per heavy atom. The summed E-state index contributed by atoms with van der Waals surface area (Å²) in [5.41, 5.74) is 0.924. The highest BCUT2D eigenvalue weighted by Gasteiger charge is 2.07. The van der Waals surface area contributed by atoms with Crippen LogP contribution in [0.5, 0.6) is 0 Å². The molecule has 1 aromatic rings. The zero-order valence-corrected chi connectivity index (χ0v) is 9.26.